The van der Waals surface area contributed by atoms with Crippen LogP contribution in [-0.4, -0.2) is 34.1 Å². The molecule has 0 radical (unpaired) electrons. The van der Waals surface area contributed by atoms with Crippen LogP contribution in [0, 0.1) is 0 Å². The average molecular weight is 123 g/mol. The molecule has 0 aliphatic carbocycles. The molecule has 0 fully saturated rings. The molecule has 0 saturated heterocycles. The molecule has 0 aromatic rings. The van der Waals surface area contributed by atoms with E-state index in [1.807, 2.05) is 0 Å². The summed E-state index contributed by atoms with van der Waals surface area (Å²) in [6.45, 7) is 1.08. The fourth-order valence-electron chi connectivity index (χ4n) is 0. The van der Waals surface area contributed by atoms with Crippen LogP contribution in [-0.2, 0) is 4.79 Å². The van der Waals surface area contributed by atoms with Crippen LogP contribution >= 0.6 is 12.4 Å². The molecule has 0 aromatic carbocycles. The van der Waals surface area contributed by atoms with E-state index in [1.54, 1.807) is 0 Å². The van der Waals surface area contributed by atoms with Crippen LogP contribution in [0.4, 0.5) is 0 Å². The van der Waals surface area contributed by atoms with Crippen molar-refractivity contribution in [2.24, 2.45) is 0 Å². The number of rotatable bonds is 0. The van der Waals surface area contributed by atoms with Gasteiger partial charge in [-0.1, -0.05) is 0 Å². The monoisotopic (exact) mass is 122 g/mol. The van der Waals surface area contributed by atoms with Gasteiger partial charge in [0.1, 0.15) is 0 Å². The molecule has 0 atom stereocenters. The number of carboxylic acid groups (broad SMARTS) is 1. The van der Waals surface area contributed by atoms with Crippen LogP contribution in [0.15, 0.2) is 0 Å². The molecule has 0 bridgehead atoms. The first-order chi connectivity index (χ1) is 1.73. The van der Waals surface area contributed by atoms with E-state index in [2.05, 4.69) is 0 Å². The Kier molecular flexibility index (Phi) is 24.3. The SMILES string of the molecule is CC(=O)O.Cl.[H-].[H-].[Mg+2]. The van der Waals surface area contributed by atoms with Gasteiger partial charge in [0, 0.05) is 6.92 Å². The van der Waals surface area contributed by atoms with Crippen LogP contribution in [0.5, 0.6) is 0 Å². The summed E-state index contributed by atoms with van der Waals surface area (Å²) >= 11 is 0. The van der Waals surface area contributed by atoms with Crippen molar-refractivity contribution in [3.05, 3.63) is 0 Å². The zero-order valence-electron chi connectivity index (χ0n) is 5.47. The molecule has 1 N–H and O–H groups in total. The summed E-state index contributed by atoms with van der Waals surface area (Å²) in [5.41, 5.74) is 0. The maximum atomic E-state index is 9.00. The van der Waals surface area contributed by atoms with Crippen molar-refractivity contribution in [2.75, 3.05) is 0 Å². The van der Waals surface area contributed by atoms with Gasteiger partial charge in [-0.3, -0.25) is 4.79 Å². The summed E-state index contributed by atoms with van der Waals surface area (Å²) < 4.78 is 0. The summed E-state index contributed by atoms with van der Waals surface area (Å²) in [5.74, 6) is -0.833. The van der Waals surface area contributed by atoms with E-state index in [-0.39, 0.29) is 38.3 Å². The topological polar surface area (TPSA) is 37.3 Å². The summed E-state index contributed by atoms with van der Waals surface area (Å²) in [4.78, 5) is 9.00. The Morgan fingerprint density at radius 2 is 1.83 bits per heavy atom. The van der Waals surface area contributed by atoms with Crippen LogP contribution in [0.2, 0.25) is 0 Å². The molecule has 36 valence electrons. The van der Waals surface area contributed by atoms with E-state index < -0.39 is 5.97 Å². The van der Waals surface area contributed by atoms with Crippen molar-refractivity contribution in [3.8, 4) is 0 Å². The molecule has 0 aliphatic rings. The number of carbonyl (C=O) groups is 1. The maximum absolute atomic E-state index is 9.00. The molecule has 0 heterocycles. The molecule has 6 heavy (non-hydrogen) atoms. The van der Waals surface area contributed by atoms with E-state index >= 15 is 0 Å². The fraction of sp³-hybridized carbons (Fsp3) is 0.500. The predicted molar refractivity (Wildman–Crippen MR) is 28.5 cm³/mol. The van der Waals surface area contributed by atoms with E-state index in [0.717, 1.165) is 6.92 Å². The maximum Gasteiger partial charge on any atom is 2.00 e. The Bertz CT molecular complexity index is 41.0. The molecular formula is C2H7ClMgO2. The molecule has 0 saturated carbocycles. The van der Waals surface area contributed by atoms with Gasteiger partial charge in [-0.2, -0.15) is 0 Å². The Morgan fingerprint density at radius 1 is 1.83 bits per heavy atom. The minimum Gasteiger partial charge on any atom is -1.00 e. The van der Waals surface area contributed by atoms with Crippen molar-refractivity contribution in [3.63, 3.8) is 0 Å². The summed E-state index contributed by atoms with van der Waals surface area (Å²) in [6.07, 6.45) is 0. The van der Waals surface area contributed by atoms with Crippen LogP contribution in [0.1, 0.15) is 9.78 Å². The molecule has 0 rings (SSSR count). The predicted octanol–water partition coefficient (Wildman–Crippen LogP) is 0.357. The summed E-state index contributed by atoms with van der Waals surface area (Å²) in [7, 11) is 0. The Labute approximate surface area is 61.5 Å². The second-order valence-electron chi connectivity index (χ2n) is 0.519. The standard InChI is InChI=1S/C2H4O2.ClH.Mg.2H/c1-2(3)4;;;;/h1H3,(H,3,4);1H;;;/q;;+2;2*-1. The van der Waals surface area contributed by atoms with Gasteiger partial charge in [0.05, 0.1) is 0 Å². The smallest absolute Gasteiger partial charge is 1.00 e. The molecule has 4 heteroatoms. The number of hydrogen-bond acceptors (Lipinski definition) is 1. The van der Waals surface area contributed by atoms with Crippen LogP contribution < -0.4 is 0 Å². The first-order valence-corrected chi connectivity index (χ1v) is 0.928. The minimum absolute atomic E-state index is 0. The van der Waals surface area contributed by atoms with Gasteiger partial charge in [-0.25, -0.2) is 0 Å². The van der Waals surface area contributed by atoms with E-state index in [1.165, 1.54) is 0 Å². The second kappa shape index (κ2) is 9.11. The molecular weight excluding hydrogens is 116 g/mol. The van der Waals surface area contributed by atoms with Crippen molar-refractivity contribution in [1.29, 1.82) is 0 Å². The van der Waals surface area contributed by atoms with Gasteiger partial charge in [-0.05, 0) is 0 Å². The van der Waals surface area contributed by atoms with Gasteiger partial charge in [0.25, 0.3) is 5.97 Å². The fourth-order valence-corrected chi connectivity index (χ4v) is 0. The van der Waals surface area contributed by atoms with Crippen molar-refractivity contribution < 1.29 is 12.8 Å². The van der Waals surface area contributed by atoms with E-state index in [9.17, 15) is 0 Å². The van der Waals surface area contributed by atoms with Gasteiger partial charge in [0.15, 0.2) is 0 Å². The first-order valence-electron chi connectivity index (χ1n) is 0.928. The van der Waals surface area contributed by atoms with Crippen molar-refractivity contribution in [1.82, 2.24) is 0 Å². The Hall–Kier alpha value is 0.526. The van der Waals surface area contributed by atoms with Gasteiger partial charge in [0.2, 0.25) is 0 Å². The quantitative estimate of drug-likeness (QED) is 0.472. The molecule has 0 spiro atoms. The van der Waals surface area contributed by atoms with E-state index in [4.69, 9.17) is 9.90 Å². The van der Waals surface area contributed by atoms with Gasteiger partial charge >= 0.3 is 23.1 Å². The molecule has 2 nitrogen and oxygen atoms in total. The summed E-state index contributed by atoms with van der Waals surface area (Å²) in [6, 6.07) is 0. The summed E-state index contributed by atoms with van der Waals surface area (Å²) in [5, 5.41) is 7.42. The second-order valence-corrected chi connectivity index (χ2v) is 0.519. The Balaban J connectivity index is -0.00000000750. The Morgan fingerprint density at radius 3 is 1.83 bits per heavy atom. The molecule has 0 unspecified atom stereocenters. The zero-order valence-corrected chi connectivity index (χ0v) is 5.70. The van der Waals surface area contributed by atoms with Crippen molar-refractivity contribution in [2.45, 2.75) is 6.92 Å². The third-order valence-electron chi connectivity index (χ3n) is 0. The number of hydrogen-bond donors (Lipinski definition) is 1. The van der Waals surface area contributed by atoms with Crippen LogP contribution in [0.25, 0.3) is 0 Å². The largest absolute Gasteiger partial charge is 2.00 e. The molecule has 0 aliphatic heterocycles. The van der Waals surface area contributed by atoms with Gasteiger partial charge < -0.3 is 7.96 Å². The first kappa shape index (κ1) is 16.0. The van der Waals surface area contributed by atoms with Gasteiger partial charge in [-0.15, -0.1) is 12.4 Å². The molecule has 0 amide bonds. The van der Waals surface area contributed by atoms with E-state index in [0.29, 0.717) is 0 Å². The third kappa shape index (κ3) is 203. The number of carboxylic acids is 1. The molecule has 0 aromatic heterocycles. The number of aliphatic carboxylic acids is 1. The average Bonchev–Trinajstić information content (AvgIpc) is 0.811. The van der Waals surface area contributed by atoms with Crippen LogP contribution in [0.3, 0.4) is 0 Å². The zero-order chi connectivity index (χ0) is 3.58. The normalized spacial score (nSPS) is 4.17. The van der Waals surface area contributed by atoms with Crippen molar-refractivity contribution >= 4 is 41.4 Å². The third-order valence-corrected chi connectivity index (χ3v) is 0. The minimum atomic E-state index is -0.833. The number of halogens is 1.